The van der Waals surface area contributed by atoms with Gasteiger partial charge in [0.15, 0.2) is 0 Å². The predicted molar refractivity (Wildman–Crippen MR) is 89.9 cm³/mol. The number of fused-ring (bicyclic) bond motifs is 2. The number of benzene rings is 1. The van der Waals surface area contributed by atoms with Crippen LogP contribution in [0.1, 0.15) is 64.4 Å². The number of piperidine rings is 1. The molecule has 1 N–H and O–H groups in total. The number of hydrogen-bond acceptors (Lipinski definition) is 3. The minimum Gasteiger partial charge on any atom is -0.462 e. The average Bonchev–Trinajstić information content (AvgIpc) is 2.90. The zero-order chi connectivity index (χ0) is 15.9. The number of esters is 1. The summed E-state index contributed by atoms with van der Waals surface area (Å²) in [5.74, 6) is -0.172. The highest BCUT2D eigenvalue weighted by Crippen LogP contribution is 2.30. The molecule has 0 saturated carbocycles. The fourth-order valence-corrected chi connectivity index (χ4v) is 3.57. The lowest BCUT2D eigenvalue weighted by atomic mass is 9.96. The van der Waals surface area contributed by atoms with Gasteiger partial charge in [0.25, 0.3) is 0 Å². The Balaban J connectivity index is 0.000000847. The fourth-order valence-electron chi connectivity index (χ4n) is 3.57. The molecule has 2 aliphatic rings. The average molecular weight is 303 g/mol. The van der Waals surface area contributed by atoms with Gasteiger partial charge in [-0.2, -0.15) is 0 Å². The molecule has 2 heterocycles. The van der Waals surface area contributed by atoms with Gasteiger partial charge < -0.3 is 10.1 Å². The summed E-state index contributed by atoms with van der Waals surface area (Å²) in [5, 5.41) is 3.58. The number of ether oxygens (including phenoxy) is 1. The van der Waals surface area contributed by atoms with Gasteiger partial charge >= 0.3 is 5.97 Å². The first-order valence-electron chi connectivity index (χ1n) is 8.77. The summed E-state index contributed by atoms with van der Waals surface area (Å²) in [5.41, 5.74) is 1.07. The van der Waals surface area contributed by atoms with Gasteiger partial charge in [-0.1, -0.05) is 51.1 Å². The Morgan fingerprint density at radius 1 is 1.18 bits per heavy atom. The van der Waals surface area contributed by atoms with Crippen LogP contribution in [0, 0.1) is 0 Å². The van der Waals surface area contributed by atoms with Crippen LogP contribution in [-0.4, -0.2) is 24.2 Å². The standard InChI is InChI=1S/C17H23NO2.C2H6/c1-2-16(12-6-4-3-5-7-12)17(19)20-15-10-13-8-9-14(11-15)18-13;1-2/h3-7,13-16,18H,2,8-11H2,1H3;1-2H3/t13-,14+,15?,16?;. The Kier molecular flexibility index (Phi) is 6.44. The summed E-state index contributed by atoms with van der Waals surface area (Å²) in [6.45, 7) is 6.05. The van der Waals surface area contributed by atoms with Crippen LogP contribution >= 0.6 is 0 Å². The minimum atomic E-state index is -0.122. The molecule has 3 heteroatoms. The molecule has 0 spiro atoms. The van der Waals surface area contributed by atoms with E-state index in [2.05, 4.69) is 5.32 Å². The van der Waals surface area contributed by atoms with E-state index < -0.39 is 0 Å². The zero-order valence-electron chi connectivity index (χ0n) is 14.0. The molecule has 0 radical (unpaired) electrons. The maximum atomic E-state index is 12.4. The predicted octanol–water partition coefficient (Wildman–Crippen LogP) is 4.03. The fraction of sp³-hybridized carbons (Fsp3) is 0.632. The van der Waals surface area contributed by atoms with E-state index in [1.807, 2.05) is 51.1 Å². The van der Waals surface area contributed by atoms with Crippen molar-refractivity contribution in [2.75, 3.05) is 0 Å². The quantitative estimate of drug-likeness (QED) is 0.853. The van der Waals surface area contributed by atoms with Crippen LogP contribution in [0.5, 0.6) is 0 Å². The molecule has 2 saturated heterocycles. The van der Waals surface area contributed by atoms with Crippen molar-refractivity contribution in [2.45, 2.75) is 77.0 Å². The minimum absolute atomic E-state index is 0.0509. The second-order valence-corrected chi connectivity index (χ2v) is 6.04. The van der Waals surface area contributed by atoms with Crippen molar-refractivity contribution < 1.29 is 9.53 Å². The molecule has 3 nitrogen and oxygen atoms in total. The van der Waals surface area contributed by atoms with E-state index in [-0.39, 0.29) is 18.0 Å². The third-order valence-electron chi connectivity index (χ3n) is 4.61. The largest absolute Gasteiger partial charge is 0.462 e. The summed E-state index contributed by atoms with van der Waals surface area (Å²) < 4.78 is 5.80. The van der Waals surface area contributed by atoms with E-state index in [1.54, 1.807) is 0 Å². The SMILES string of the molecule is CC.CCC(C(=O)OC1C[C@H]2CC[C@@H](C1)N2)c1ccccc1. The summed E-state index contributed by atoms with van der Waals surface area (Å²) in [7, 11) is 0. The maximum Gasteiger partial charge on any atom is 0.313 e. The second-order valence-electron chi connectivity index (χ2n) is 6.04. The Bertz CT molecular complexity index is 448. The van der Waals surface area contributed by atoms with Crippen LogP contribution in [0.15, 0.2) is 30.3 Å². The molecule has 2 unspecified atom stereocenters. The first-order chi connectivity index (χ1) is 10.8. The number of nitrogens with one attached hydrogen (secondary N) is 1. The van der Waals surface area contributed by atoms with E-state index in [4.69, 9.17) is 4.74 Å². The molecule has 2 bridgehead atoms. The topological polar surface area (TPSA) is 38.3 Å². The van der Waals surface area contributed by atoms with E-state index in [1.165, 1.54) is 12.8 Å². The summed E-state index contributed by atoms with van der Waals surface area (Å²) in [6, 6.07) is 11.1. The van der Waals surface area contributed by atoms with Crippen molar-refractivity contribution in [3.63, 3.8) is 0 Å². The van der Waals surface area contributed by atoms with Crippen molar-refractivity contribution >= 4 is 5.97 Å². The van der Waals surface area contributed by atoms with E-state index in [0.717, 1.165) is 24.8 Å². The molecule has 2 fully saturated rings. The van der Waals surface area contributed by atoms with Gasteiger partial charge in [-0.25, -0.2) is 0 Å². The molecular weight excluding hydrogens is 274 g/mol. The van der Waals surface area contributed by atoms with Gasteiger partial charge in [-0.3, -0.25) is 4.79 Å². The third kappa shape index (κ3) is 4.10. The highest BCUT2D eigenvalue weighted by Gasteiger charge is 2.36. The number of carbonyl (C=O) groups excluding carboxylic acids is 1. The third-order valence-corrected chi connectivity index (χ3v) is 4.61. The van der Waals surface area contributed by atoms with Crippen molar-refractivity contribution in [3.8, 4) is 0 Å². The van der Waals surface area contributed by atoms with E-state index >= 15 is 0 Å². The molecule has 22 heavy (non-hydrogen) atoms. The van der Waals surface area contributed by atoms with Crippen LogP contribution < -0.4 is 5.32 Å². The lowest BCUT2D eigenvalue weighted by Crippen LogP contribution is -2.42. The highest BCUT2D eigenvalue weighted by atomic mass is 16.5. The molecule has 2 aliphatic heterocycles. The number of rotatable bonds is 4. The van der Waals surface area contributed by atoms with Crippen LogP contribution in [-0.2, 0) is 9.53 Å². The van der Waals surface area contributed by atoms with Crippen LogP contribution in [0.2, 0.25) is 0 Å². The molecule has 1 aromatic carbocycles. The molecule has 0 aromatic heterocycles. The normalized spacial score (nSPS) is 27.5. The highest BCUT2D eigenvalue weighted by molar-refractivity contribution is 5.78. The summed E-state index contributed by atoms with van der Waals surface area (Å²) in [6.07, 6.45) is 5.32. The van der Waals surface area contributed by atoms with Gasteiger partial charge in [0, 0.05) is 12.1 Å². The monoisotopic (exact) mass is 303 g/mol. The molecule has 4 atom stereocenters. The van der Waals surface area contributed by atoms with Gasteiger partial charge in [-0.15, -0.1) is 0 Å². The van der Waals surface area contributed by atoms with Gasteiger partial charge in [0.05, 0.1) is 5.92 Å². The summed E-state index contributed by atoms with van der Waals surface area (Å²) in [4.78, 5) is 12.4. The Hall–Kier alpha value is -1.35. The first kappa shape index (κ1) is 17.0. The van der Waals surface area contributed by atoms with Gasteiger partial charge in [-0.05, 0) is 37.7 Å². The second kappa shape index (κ2) is 8.33. The molecule has 3 rings (SSSR count). The van der Waals surface area contributed by atoms with Gasteiger partial charge in [0.2, 0.25) is 0 Å². The molecule has 0 amide bonds. The number of carbonyl (C=O) groups is 1. The Morgan fingerprint density at radius 3 is 2.32 bits per heavy atom. The van der Waals surface area contributed by atoms with Crippen LogP contribution in [0.4, 0.5) is 0 Å². The van der Waals surface area contributed by atoms with Crippen molar-refractivity contribution in [1.29, 1.82) is 0 Å². The van der Waals surface area contributed by atoms with E-state index in [0.29, 0.717) is 12.1 Å². The van der Waals surface area contributed by atoms with Crippen LogP contribution in [0.25, 0.3) is 0 Å². The molecular formula is C19H29NO2. The number of hydrogen-bond donors (Lipinski definition) is 1. The lowest BCUT2D eigenvalue weighted by Gasteiger charge is -2.30. The maximum absolute atomic E-state index is 12.4. The molecule has 122 valence electrons. The lowest BCUT2D eigenvalue weighted by molar-refractivity contribution is -0.152. The van der Waals surface area contributed by atoms with Crippen LogP contribution in [0.3, 0.4) is 0 Å². The van der Waals surface area contributed by atoms with E-state index in [9.17, 15) is 4.79 Å². The smallest absolute Gasteiger partial charge is 0.313 e. The Morgan fingerprint density at radius 2 is 1.77 bits per heavy atom. The first-order valence-corrected chi connectivity index (χ1v) is 8.77. The zero-order valence-corrected chi connectivity index (χ0v) is 14.0. The van der Waals surface area contributed by atoms with Gasteiger partial charge in [0.1, 0.15) is 6.10 Å². The molecule has 0 aliphatic carbocycles. The Labute approximate surface area is 134 Å². The van der Waals surface area contributed by atoms with Crippen molar-refractivity contribution in [1.82, 2.24) is 5.32 Å². The molecule has 1 aromatic rings. The summed E-state index contributed by atoms with van der Waals surface area (Å²) >= 11 is 0. The van der Waals surface area contributed by atoms with Crippen molar-refractivity contribution in [2.24, 2.45) is 0 Å². The van der Waals surface area contributed by atoms with Crippen molar-refractivity contribution in [3.05, 3.63) is 35.9 Å².